The number of carbonyl (C=O) groups excluding carboxylic acids is 1. The van der Waals surface area contributed by atoms with Crippen LogP contribution in [0.3, 0.4) is 0 Å². The van der Waals surface area contributed by atoms with Crippen LogP contribution in [0.1, 0.15) is 38.8 Å². The van der Waals surface area contributed by atoms with Crippen LogP contribution in [0.25, 0.3) is 0 Å². The van der Waals surface area contributed by atoms with Crippen LogP contribution in [0.4, 0.5) is 4.79 Å². The molecule has 23 heavy (non-hydrogen) atoms. The summed E-state index contributed by atoms with van der Waals surface area (Å²) >= 11 is 0. The number of benzene rings is 1. The Hall–Kier alpha value is -1.59. The second-order valence-electron chi connectivity index (χ2n) is 7.01. The Morgan fingerprint density at radius 2 is 2.13 bits per heavy atom. The fraction of sp³-hybridized carbons (Fsp3) is 0.611. The molecule has 1 aromatic carbocycles. The molecule has 0 radical (unpaired) electrons. The van der Waals surface area contributed by atoms with Gasteiger partial charge in [0.05, 0.1) is 24.9 Å². The minimum Gasteiger partial charge on any atom is -0.375 e. The van der Waals surface area contributed by atoms with E-state index >= 15 is 0 Å². The van der Waals surface area contributed by atoms with E-state index in [0.29, 0.717) is 32.8 Å². The molecule has 1 aliphatic heterocycles. The minimum absolute atomic E-state index is 0.0310. The van der Waals surface area contributed by atoms with Gasteiger partial charge in [0.1, 0.15) is 0 Å². The third-order valence-corrected chi connectivity index (χ3v) is 3.64. The van der Waals surface area contributed by atoms with E-state index in [-0.39, 0.29) is 17.7 Å². The Morgan fingerprint density at radius 3 is 2.83 bits per heavy atom. The van der Waals surface area contributed by atoms with E-state index in [0.717, 1.165) is 11.1 Å². The monoisotopic (exact) mass is 320 g/mol. The molecule has 1 aromatic rings. The zero-order chi connectivity index (χ0) is 16.9. The van der Waals surface area contributed by atoms with E-state index < -0.39 is 0 Å². The maximum atomic E-state index is 12.2. The van der Waals surface area contributed by atoms with Crippen LogP contribution in [0.5, 0.6) is 0 Å². The zero-order valence-corrected chi connectivity index (χ0v) is 14.6. The number of ether oxygens (including phenoxy) is 2. The van der Waals surface area contributed by atoms with Gasteiger partial charge in [-0.1, -0.05) is 24.3 Å². The molecule has 1 heterocycles. The molecule has 0 aromatic heterocycles. The summed E-state index contributed by atoms with van der Waals surface area (Å²) in [5, 5.41) is 2.98. The number of hydrogen-bond donors (Lipinski definition) is 1. The first-order valence-corrected chi connectivity index (χ1v) is 8.19. The lowest BCUT2D eigenvalue weighted by atomic mass is 10.1. The van der Waals surface area contributed by atoms with Crippen molar-refractivity contribution in [1.29, 1.82) is 0 Å². The highest BCUT2D eigenvalue weighted by Crippen LogP contribution is 2.13. The first-order valence-electron chi connectivity index (χ1n) is 8.19. The molecule has 0 unspecified atom stereocenters. The summed E-state index contributed by atoms with van der Waals surface area (Å²) in [4.78, 5) is 14.0. The van der Waals surface area contributed by atoms with E-state index in [9.17, 15) is 4.79 Å². The molecule has 1 aliphatic rings. The SMILES string of the molecule is C[C@H]1CN(C(=O)NCc2cccc(COC(C)(C)C)c2)CCO1. The molecule has 1 saturated heterocycles. The third kappa shape index (κ3) is 6.20. The van der Waals surface area contributed by atoms with Crippen LogP contribution in [0.15, 0.2) is 24.3 Å². The zero-order valence-electron chi connectivity index (χ0n) is 14.6. The Labute approximate surface area is 139 Å². The van der Waals surface area contributed by atoms with Crippen molar-refractivity contribution in [2.45, 2.75) is 52.6 Å². The van der Waals surface area contributed by atoms with Crippen molar-refractivity contribution in [2.75, 3.05) is 19.7 Å². The summed E-state index contributed by atoms with van der Waals surface area (Å²) in [6, 6.07) is 8.11. The molecular formula is C18H28N2O3. The summed E-state index contributed by atoms with van der Waals surface area (Å²) in [6.07, 6.45) is 0.104. The predicted octanol–water partition coefficient (Wildman–Crippen LogP) is 2.93. The van der Waals surface area contributed by atoms with Crippen molar-refractivity contribution in [3.05, 3.63) is 35.4 Å². The van der Waals surface area contributed by atoms with Crippen LogP contribution in [-0.4, -0.2) is 42.3 Å². The maximum Gasteiger partial charge on any atom is 0.317 e. The number of morpholine rings is 1. The van der Waals surface area contributed by atoms with Gasteiger partial charge in [-0.25, -0.2) is 4.79 Å². The van der Waals surface area contributed by atoms with Gasteiger partial charge in [-0.15, -0.1) is 0 Å². The molecule has 1 fully saturated rings. The summed E-state index contributed by atoms with van der Waals surface area (Å²) < 4.78 is 11.2. The number of carbonyl (C=O) groups is 1. The van der Waals surface area contributed by atoms with Crippen molar-refractivity contribution >= 4 is 6.03 Å². The highest BCUT2D eigenvalue weighted by molar-refractivity contribution is 5.74. The summed E-state index contributed by atoms with van der Waals surface area (Å²) in [5.41, 5.74) is 2.04. The van der Waals surface area contributed by atoms with Crippen molar-refractivity contribution < 1.29 is 14.3 Å². The summed E-state index contributed by atoms with van der Waals surface area (Å²) in [6.45, 7) is 11.1. The number of amides is 2. The highest BCUT2D eigenvalue weighted by Gasteiger charge is 2.20. The Morgan fingerprint density at radius 1 is 1.39 bits per heavy atom. The largest absolute Gasteiger partial charge is 0.375 e. The minimum atomic E-state index is -0.156. The molecule has 5 nitrogen and oxygen atoms in total. The van der Waals surface area contributed by atoms with Crippen LogP contribution in [-0.2, 0) is 22.6 Å². The molecular weight excluding hydrogens is 292 g/mol. The Bertz CT molecular complexity index is 525. The Balaban J connectivity index is 1.84. The van der Waals surface area contributed by atoms with E-state index in [1.807, 2.05) is 45.9 Å². The molecule has 0 saturated carbocycles. The van der Waals surface area contributed by atoms with Crippen LogP contribution in [0, 0.1) is 0 Å². The van der Waals surface area contributed by atoms with E-state index in [4.69, 9.17) is 9.47 Å². The molecule has 1 atom stereocenters. The topological polar surface area (TPSA) is 50.8 Å². The maximum absolute atomic E-state index is 12.2. The lowest BCUT2D eigenvalue weighted by molar-refractivity contribution is -0.0149. The van der Waals surface area contributed by atoms with Crippen LogP contribution < -0.4 is 5.32 Å². The van der Waals surface area contributed by atoms with E-state index in [1.165, 1.54) is 0 Å². The number of nitrogens with zero attached hydrogens (tertiary/aromatic N) is 1. The Kier molecular flexibility index (Phi) is 6.02. The van der Waals surface area contributed by atoms with E-state index in [1.54, 1.807) is 4.90 Å². The standard InChI is InChI=1S/C18H28N2O3/c1-14-12-20(8-9-22-14)17(21)19-11-15-6-5-7-16(10-15)13-23-18(2,3)4/h5-7,10,14H,8-9,11-13H2,1-4H3,(H,19,21)/t14-/m0/s1. The molecule has 1 N–H and O–H groups in total. The van der Waals surface area contributed by atoms with Crippen molar-refractivity contribution in [1.82, 2.24) is 10.2 Å². The fourth-order valence-corrected chi connectivity index (χ4v) is 2.42. The molecule has 128 valence electrons. The van der Waals surface area contributed by atoms with Gasteiger partial charge >= 0.3 is 6.03 Å². The number of nitrogens with one attached hydrogen (secondary N) is 1. The second kappa shape index (κ2) is 7.79. The van der Waals surface area contributed by atoms with E-state index in [2.05, 4.69) is 11.4 Å². The van der Waals surface area contributed by atoms with Gasteiger partial charge in [-0.2, -0.15) is 0 Å². The average molecular weight is 320 g/mol. The lowest BCUT2D eigenvalue weighted by Crippen LogP contribution is -2.48. The normalized spacial score (nSPS) is 18.8. The second-order valence-corrected chi connectivity index (χ2v) is 7.01. The van der Waals surface area contributed by atoms with Crippen molar-refractivity contribution in [2.24, 2.45) is 0 Å². The first-order chi connectivity index (χ1) is 10.8. The molecule has 0 spiro atoms. The highest BCUT2D eigenvalue weighted by atomic mass is 16.5. The number of rotatable bonds is 4. The van der Waals surface area contributed by atoms with Crippen molar-refractivity contribution in [3.8, 4) is 0 Å². The van der Waals surface area contributed by atoms with Crippen LogP contribution >= 0.6 is 0 Å². The third-order valence-electron chi connectivity index (χ3n) is 3.64. The summed E-state index contributed by atoms with van der Waals surface area (Å²) in [7, 11) is 0. The van der Waals surface area contributed by atoms with Gasteiger partial charge < -0.3 is 19.7 Å². The van der Waals surface area contributed by atoms with Gasteiger partial charge in [-0.3, -0.25) is 0 Å². The molecule has 0 aliphatic carbocycles. The van der Waals surface area contributed by atoms with Crippen LogP contribution in [0.2, 0.25) is 0 Å². The molecule has 2 amide bonds. The smallest absolute Gasteiger partial charge is 0.317 e. The van der Waals surface area contributed by atoms with Gasteiger partial charge in [0.25, 0.3) is 0 Å². The lowest BCUT2D eigenvalue weighted by Gasteiger charge is -2.31. The molecule has 0 bridgehead atoms. The molecule has 2 rings (SSSR count). The quantitative estimate of drug-likeness (QED) is 0.928. The van der Waals surface area contributed by atoms with Gasteiger partial charge in [0, 0.05) is 19.6 Å². The first kappa shape index (κ1) is 17.8. The average Bonchev–Trinajstić information content (AvgIpc) is 2.50. The fourth-order valence-electron chi connectivity index (χ4n) is 2.42. The molecule has 5 heteroatoms. The van der Waals surface area contributed by atoms with Crippen molar-refractivity contribution in [3.63, 3.8) is 0 Å². The number of hydrogen-bond acceptors (Lipinski definition) is 3. The predicted molar refractivity (Wildman–Crippen MR) is 90.2 cm³/mol. The summed E-state index contributed by atoms with van der Waals surface area (Å²) in [5.74, 6) is 0. The van der Waals surface area contributed by atoms with Gasteiger partial charge in [-0.05, 0) is 38.8 Å². The van der Waals surface area contributed by atoms with Gasteiger partial charge in [0.15, 0.2) is 0 Å². The van der Waals surface area contributed by atoms with Gasteiger partial charge in [0.2, 0.25) is 0 Å². The number of urea groups is 1.